The minimum atomic E-state index is -0.930. The molecule has 0 unspecified atom stereocenters. The Bertz CT molecular complexity index is 915. The fourth-order valence-electron chi connectivity index (χ4n) is 3.16. The maximum atomic E-state index is 12.9. The SMILES string of the molecule is O=C(N[C@@H](CNC1CCOCC1)C(=O)NO)c1ccccc1C#Cc1ccccc1. The summed E-state index contributed by atoms with van der Waals surface area (Å²) in [7, 11) is 0. The normalized spacial score (nSPS) is 14.8. The number of amides is 2. The molecule has 1 atom stereocenters. The molecule has 1 aliphatic rings. The van der Waals surface area contributed by atoms with Crippen LogP contribution in [-0.2, 0) is 9.53 Å². The zero-order chi connectivity index (χ0) is 21.2. The van der Waals surface area contributed by atoms with Crippen LogP contribution in [0.25, 0.3) is 0 Å². The van der Waals surface area contributed by atoms with Gasteiger partial charge in [-0.05, 0) is 37.1 Å². The molecule has 2 amide bonds. The molecule has 156 valence electrons. The summed E-state index contributed by atoms with van der Waals surface area (Å²) in [5.74, 6) is 4.94. The average molecular weight is 407 g/mol. The van der Waals surface area contributed by atoms with Crippen LogP contribution >= 0.6 is 0 Å². The van der Waals surface area contributed by atoms with Gasteiger partial charge < -0.3 is 15.4 Å². The molecular weight excluding hydrogens is 382 g/mol. The molecule has 0 aromatic heterocycles. The van der Waals surface area contributed by atoms with Crippen LogP contribution in [0, 0.1) is 11.8 Å². The Morgan fingerprint density at radius 2 is 1.73 bits per heavy atom. The average Bonchev–Trinajstić information content (AvgIpc) is 2.81. The van der Waals surface area contributed by atoms with E-state index in [0.717, 1.165) is 18.4 Å². The Morgan fingerprint density at radius 1 is 1.03 bits per heavy atom. The Balaban J connectivity index is 1.71. The van der Waals surface area contributed by atoms with Crippen LogP contribution in [0.1, 0.15) is 34.3 Å². The van der Waals surface area contributed by atoms with E-state index in [9.17, 15) is 9.59 Å². The minimum Gasteiger partial charge on any atom is -0.381 e. The third-order valence-corrected chi connectivity index (χ3v) is 4.85. The van der Waals surface area contributed by atoms with E-state index in [1.54, 1.807) is 29.7 Å². The lowest BCUT2D eigenvalue weighted by atomic mass is 10.1. The van der Waals surface area contributed by atoms with Gasteiger partial charge in [-0.25, -0.2) is 5.48 Å². The van der Waals surface area contributed by atoms with E-state index in [1.807, 2.05) is 30.3 Å². The number of hydrogen-bond donors (Lipinski definition) is 4. The Morgan fingerprint density at radius 3 is 2.47 bits per heavy atom. The summed E-state index contributed by atoms with van der Waals surface area (Å²) in [6, 6.07) is 15.7. The van der Waals surface area contributed by atoms with Crippen molar-refractivity contribution in [1.82, 2.24) is 16.1 Å². The summed E-state index contributed by atoms with van der Waals surface area (Å²) >= 11 is 0. The number of carbonyl (C=O) groups excluding carboxylic acids is 2. The molecular formula is C23H25N3O4. The van der Waals surface area contributed by atoms with Gasteiger partial charge in [-0.1, -0.05) is 42.2 Å². The molecule has 3 rings (SSSR count). The van der Waals surface area contributed by atoms with Gasteiger partial charge in [0.25, 0.3) is 11.8 Å². The largest absolute Gasteiger partial charge is 0.381 e. The lowest BCUT2D eigenvalue weighted by Gasteiger charge is -2.25. The lowest BCUT2D eigenvalue weighted by Crippen LogP contribution is -2.53. The van der Waals surface area contributed by atoms with Crippen molar-refractivity contribution in [3.63, 3.8) is 0 Å². The quantitative estimate of drug-likeness (QED) is 0.330. The highest BCUT2D eigenvalue weighted by molar-refractivity contribution is 5.99. The van der Waals surface area contributed by atoms with E-state index >= 15 is 0 Å². The number of rotatable bonds is 6. The van der Waals surface area contributed by atoms with Gasteiger partial charge in [-0.15, -0.1) is 0 Å². The number of hydroxylamine groups is 1. The highest BCUT2D eigenvalue weighted by Gasteiger charge is 2.24. The molecule has 1 heterocycles. The third-order valence-electron chi connectivity index (χ3n) is 4.85. The number of benzene rings is 2. The molecule has 1 saturated heterocycles. The standard InChI is InChI=1S/C23H25N3O4/c27-22(25-21(23(28)26-29)16-24-19-12-14-30-15-13-19)20-9-5-4-8-18(20)11-10-17-6-2-1-3-7-17/h1-9,19,21,24,29H,12-16H2,(H,25,27)(H,26,28)/t21-/m0/s1. The molecule has 7 nitrogen and oxygen atoms in total. The highest BCUT2D eigenvalue weighted by Crippen LogP contribution is 2.09. The summed E-state index contributed by atoms with van der Waals surface area (Å²) in [4.78, 5) is 24.9. The molecule has 2 aromatic carbocycles. The van der Waals surface area contributed by atoms with Gasteiger partial charge >= 0.3 is 0 Å². The van der Waals surface area contributed by atoms with Crippen molar-refractivity contribution in [1.29, 1.82) is 0 Å². The van der Waals surface area contributed by atoms with Gasteiger partial charge in [0.15, 0.2) is 0 Å². The number of hydrogen-bond acceptors (Lipinski definition) is 5. The highest BCUT2D eigenvalue weighted by atomic mass is 16.5. The molecule has 0 saturated carbocycles. The fourth-order valence-corrected chi connectivity index (χ4v) is 3.16. The molecule has 30 heavy (non-hydrogen) atoms. The van der Waals surface area contributed by atoms with Crippen LogP contribution in [0.15, 0.2) is 54.6 Å². The van der Waals surface area contributed by atoms with E-state index in [0.29, 0.717) is 24.3 Å². The third kappa shape index (κ3) is 6.16. The van der Waals surface area contributed by atoms with E-state index in [2.05, 4.69) is 22.5 Å². The lowest BCUT2D eigenvalue weighted by molar-refractivity contribution is -0.131. The predicted molar refractivity (Wildman–Crippen MR) is 112 cm³/mol. The predicted octanol–water partition coefficient (Wildman–Crippen LogP) is 1.46. The smallest absolute Gasteiger partial charge is 0.267 e. The van der Waals surface area contributed by atoms with Crippen molar-refractivity contribution in [3.05, 3.63) is 71.3 Å². The number of carbonyl (C=O) groups is 2. The topological polar surface area (TPSA) is 99.7 Å². The first-order chi connectivity index (χ1) is 14.7. The van der Waals surface area contributed by atoms with Gasteiger partial charge in [0.2, 0.25) is 0 Å². The van der Waals surface area contributed by atoms with Crippen LogP contribution < -0.4 is 16.1 Å². The summed E-state index contributed by atoms with van der Waals surface area (Å²) in [5.41, 5.74) is 3.38. The fraction of sp³-hybridized carbons (Fsp3) is 0.304. The van der Waals surface area contributed by atoms with E-state index in [-0.39, 0.29) is 12.6 Å². The van der Waals surface area contributed by atoms with Crippen LogP contribution in [0.4, 0.5) is 0 Å². The van der Waals surface area contributed by atoms with Crippen molar-refractivity contribution in [2.45, 2.75) is 24.9 Å². The summed E-state index contributed by atoms with van der Waals surface area (Å²) in [6.07, 6.45) is 1.67. The van der Waals surface area contributed by atoms with Crippen LogP contribution in [0.3, 0.4) is 0 Å². The van der Waals surface area contributed by atoms with E-state index in [4.69, 9.17) is 9.94 Å². The molecule has 7 heteroatoms. The van der Waals surface area contributed by atoms with Gasteiger partial charge in [0.05, 0.1) is 5.56 Å². The molecule has 0 spiro atoms. The zero-order valence-electron chi connectivity index (χ0n) is 16.6. The van der Waals surface area contributed by atoms with Crippen molar-refractivity contribution < 1.29 is 19.5 Å². The van der Waals surface area contributed by atoms with Crippen molar-refractivity contribution in [2.24, 2.45) is 0 Å². The maximum Gasteiger partial charge on any atom is 0.267 e. The molecule has 2 aromatic rings. The number of nitrogens with one attached hydrogen (secondary N) is 3. The second kappa shape index (κ2) is 11.1. The Kier molecular flexibility index (Phi) is 7.98. The molecule has 4 N–H and O–H groups in total. The van der Waals surface area contributed by atoms with Gasteiger partial charge in [0, 0.05) is 36.9 Å². The molecule has 0 radical (unpaired) electrons. The van der Waals surface area contributed by atoms with Crippen molar-refractivity contribution >= 4 is 11.8 Å². The Labute approximate surface area is 175 Å². The maximum absolute atomic E-state index is 12.9. The Hall–Kier alpha value is -3.18. The number of ether oxygens (including phenoxy) is 1. The first kappa shape index (κ1) is 21.5. The van der Waals surface area contributed by atoms with E-state index in [1.165, 1.54) is 0 Å². The van der Waals surface area contributed by atoms with Gasteiger partial charge in [0.1, 0.15) is 6.04 Å². The van der Waals surface area contributed by atoms with Gasteiger partial charge in [-0.3, -0.25) is 14.8 Å². The van der Waals surface area contributed by atoms with Gasteiger partial charge in [-0.2, -0.15) is 0 Å². The summed E-state index contributed by atoms with van der Waals surface area (Å²) in [5, 5.41) is 15.0. The van der Waals surface area contributed by atoms with E-state index < -0.39 is 17.9 Å². The molecule has 0 aliphatic carbocycles. The molecule has 0 bridgehead atoms. The van der Waals surface area contributed by atoms with Crippen LogP contribution in [0.2, 0.25) is 0 Å². The monoisotopic (exact) mass is 407 g/mol. The molecule has 1 fully saturated rings. The second-order valence-corrected chi connectivity index (χ2v) is 6.96. The minimum absolute atomic E-state index is 0.195. The van der Waals surface area contributed by atoms with Crippen LogP contribution in [0.5, 0.6) is 0 Å². The zero-order valence-corrected chi connectivity index (χ0v) is 16.6. The van der Waals surface area contributed by atoms with Crippen molar-refractivity contribution in [2.75, 3.05) is 19.8 Å². The second-order valence-electron chi connectivity index (χ2n) is 6.96. The first-order valence-corrected chi connectivity index (χ1v) is 9.89. The summed E-state index contributed by atoms with van der Waals surface area (Å²) in [6.45, 7) is 1.52. The molecule has 1 aliphatic heterocycles. The van der Waals surface area contributed by atoms with Crippen LogP contribution in [-0.4, -0.2) is 48.9 Å². The first-order valence-electron chi connectivity index (χ1n) is 9.89. The summed E-state index contributed by atoms with van der Waals surface area (Å²) < 4.78 is 5.32. The van der Waals surface area contributed by atoms with Crippen molar-refractivity contribution in [3.8, 4) is 11.8 Å².